The summed E-state index contributed by atoms with van der Waals surface area (Å²) >= 11 is 7.58. The minimum atomic E-state index is -0.223. The molecule has 0 aliphatic carbocycles. The fraction of sp³-hybridized carbons (Fsp3) is 0.267. The van der Waals surface area contributed by atoms with E-state index in [2.05, 4.69) is 15.1 Å². The molecule has 6 nitrogen and oxygen atoms in total. The second kappa shape index (κ2) is 6.74. The average molecular weight is 351 g/mol. The van der Waals surface area contributed by atoms with E-state index in [4.69, 9.17) is 16.7 Å². The average Bonchev–Trinajstić information content (AvgIpc) is 2.94. The Hall–Kier alpha value is -1.83. The van der Waals surface area contributed by atoms with Gasteiger partial charge in [0.1, 0.15) is 0 Å². The molecule has 0 saturated heterocycles. The van der Waals surface area contributed by atoms with E-state index in [1.165, 1.54) is 16.3 Å². The normalized spacial score (nSPS) is 11.3. The summed E-state index contributed by atoms with van der Waals surface area (Å²) in [6.45, 7) is 1.66. The van der Waals surface area contributed by atoms with Gasteiger partial charge in [0, 0.05) is 29.4 Å². The lowest BCUT2D eigenvalue weighted by molar-refractivity contribution is 0.298. The van der Waals surface area contributed by atoms with Gasteiger partial charge in [-0.3, -0.25) is 9.89 Å². The number of fused-ring (bicyclic) bond motifs is 1. The lowest BCUT2D eigenvalue weighted by Gasteiger charge is -2.02. The number of hydrogen-bond donors (Lipinski definition) is 2. The molecule has 2 heterocycles. The lowest BCUT2D eigenvalue weighted by Crippen LogP contribution is -2.22. The number of hydrogen-bond acceptors (Lipinski definition) is 5. The number of nitrogens with zero attached hydrogens (tertiary/aromatic N) is 3. The molecular weight excluding hydrogens is 336 g/mol. The van der Waals surface area contributed by atoms with Crippen molar-refractivity contribution >= 4 is 29.1 Å². The van der Waals surface area contributed by atoms with Crippen LogP contribution < -0.4 is 5.56 Å². The first kappa shape index (κ1) is 16.0. The molecule has 0 saturated carbocycles. The van der Waals surface area contributed by atoms with Crippen LogP contribution in [0.15, 0.2) is 34.2 Å². The van der Waals surface area contributed by atoms with E-state index in [9.17, 15) is 4.79 Å². The molecule has 0 bridgehead atoms. The second-order valence-electron chi connectivity index (χ2n) is 5.00. The minimum absolute atomic E-state index is 0.0912. The van der Waals surface area contributed by atoms with Crippen molar-refractivity contribution in [1.82, 2.24) is 19.6 Å². The summed E-state index contributed by atoms with van der Waals surface area (Å²) in [6.07, 6.45) is 0.279. The highest BCUT2D eigenvalue weighted by atomic mass is 35.5. The number of thioether (sulfide) groups is 1. The van der Waals surface area contributed by atoms with Gasteiger partial charge in [0.2, 0.25) is 0 Å². The van der Waals surface area contributed by atoms with E-state index in [-0.39, 0.29) is 18.6 Å². The predicted octanol–water partition coefficient (Wildman–Crippen LogP) is 2.21. The quantitative estimate of drug-likeness (QED) is 0.689. The van der Waals surface area contributed by atoms with Gasteiger partial charge < -0.3 is 5.11 Å². The van der Waals surface area contributed by atoms with Crippen LogP contribution in [0.5, 0.6) is 0 Å². The van der Waals surface area contributed by atoms with Gasteiger partial charge in [-0.1, -0.05) is 41.6 Å². The molecule has 0 amide bonds. The van der Waals surface area contributed by atoms with Crippen molar-refractivity contribution in [3.63, 3.8) is 0 Å². The number of aliphatic hydroxyl groups is 1. The van der Waals surface area contributed by atoms with Gasteiger partial charge in [-0.2, -0.15) is 9.50 Å². The highest BCUT2D eigenvalue weighted by Gasteiger charge is 2.13. The van der Waals surface area contributed by atoms with Crippen LogP contribution in [0.2, 0.25) is 5.02 Å². The van der Waals surface area contributed by atoms with Gasteiger partial charge in [-0.05, 0) is 18.6 Å². The Kier molecular flexibility index (Phi) is 4.70. The van der Waals surface area contributed by atoms with E-state index in [0.29, 0.717) is 33.0 Å². The number of halogens is 1. The van der Waals surface area contributed by atoms with Crippen LogP contribution in [0, 0.1) is 6.92 Å². The third-order valence-electron chi connectivity index (χ3n) is 3.46. The van der Waals surface area contributed by atoms with E-state index in [1.807, 2.05) is 24.3 Å². The van der Waals surface area contributed by atoms with Crippen LogP contribution in [0.4, 0.5) is 0 Å². The maximum absolute atomic E-state index is 12.4. The summed E-state index contributed by atoms with van der Waals surface area (Å²) < 4.78 is 1.31. The topological polar surface area (TPSA) is 83.3 Å². The molecule has 0 atom stereocenters. The number of aryl methyl sites for hydroxylation is 1. The number of nitrogens with one attached hydrogen (secondary N) is 1. The Morgan fingerprint density at radius 2 is 2.13 bits per heavy atom. The maximum atomic E-state index is 12.4. The van der Waals surface area contributed by atoms with Gasteiger partial charge in [0.25, 0.3) is 11.3 Å². The van der Waals surface area contributed by atoms with Crippen LogP contribution in [0.1, 0.15) is 16.8 Å². The van der Waals surface area contributed by atoms with Crippen molar-refractivity contribution in [2.24, 2.45) is 0 Å². The first-order valence-corrected chi connectivity index (χ1v) is 8.42. The van der Waals surface area contributed by atoms with Crippen molar-refractivity contribution < 1.29 is 5.11 Å². The molecule has 0 aliphatic rings. The zero-order chi connectivity index (χ0) is 16.4. The third kappa shape index (κ3) is 3.26. The van der Waals surface area contributed by atoms with Gasteiger partial charge in [-0.15, -0.1) is 0 Å². The highest BCUT2D eigenvalue weighted by molar-refractivity contribution is 7.98. The number of aromatic nitrogens is 4. The molecule has 0 fully saturated rings. The number of benzene rings is 1. The number of aliphatic hydroxyl groups excluding tert-OH is 1. The molecule has 0 unspecified atom stereocenters. The molecule has 120 valence electrons. The summed E-state index contributed by atoms with van der Waals surface area (Å²) in [5, 5.41) is 13.3. The molecule has 23 heavy (non-hydrogen) atoms. The monoisotopic (exact) mass is 350 g/mol. The molecule has 0 radical (unpaired) electrons. The van der Waals surface area contributed by atoms with Crippen molar-refractivity contribution in [2.45, 2.75) is 24.3 Å². The third-order valence-corrected chi connectivity index (χ3v) is 4.74. The Morgan fingerprint density at radius 3 is 2.87 bits per heavy atom. The van der Waals surface area contributed by atoms with Gasteiger partial charge in [0.15, 0.2) is 5.16 Å². The highest BCUT2D eigenvalue weighted by Crippen LogP contribution is 2.24. The number of aromatic amines is 1. The predicted molar refractivity (Wildman–Crippen MR) is 90.1 cm³/mol. The summed E-state index contributed by atoms with van der Waals surface area (Å²) in [7, 11) is 0. The minimum Gasteiger partial charge on any atom is -0.396 e. The van der Waals surface area contributed by atoms with E-state index in [1.54, 1.807) is 6.92 Å². The molecule has 8 heteroatoms. The number of H-pyrrole nitrogens is 1. The molecular formula is C15H15ClN4O2S. The zero-order valence-electron chi connectivity index (χ0n) is 12.4. The summed E-state index contributed by atoms with van der Waals surface area (Å²) in [5.41, 5.74) is 1.87. The molecule has 1 aromatic carbocycles. The molecule has 3 aromatic rings. The van der Waals surface area contributed by atoms with Gasteiger partial charge in [0.05, 0.1) is 5.69 Å². The Labute approximate surface area is 141 Å². The molecule has 0 aliphatic heterocycles. The molecule has 0 spiro atoms. The van der Waals surface area contributed by atoms with E-state index in [0.717, 1.165) is 5.56 Å². The largest absolute Gasteiger partial charge is 0.396 e. The standard InChI is InChI=1S/C15H15ClN4O2S/c1-9-11(6-7-21)13(22)20-14(17-9)18-15(19-20)23-8-10-4-2-3-5-12(10)16/h2-5,21H,6-8H2,1H3,(H,17,18,19). The SMILES string of the molecule is Cc1nc2nc(SCc3ccccc3Cl)[nH]n2c(=O)c1CCO. The van der Waals surface area contributed by atoms with Crippen LogP contribution in [-0.2, 0) is 12.2 Å². The fourth-order valence-electron chi connectivity index (χ4n) is 2.26. The summed E-state index contributed by atoms with van der Waals surface area (Å²) in [5.74, 6) is 0.965. The smallest absolute Gasteiger partial charge is 0.277 e. The van der Waals surface area contributed by atoms with Crippen LogP contribution in [0.3, 0.4) is 0 Å². The van der Waals surface area contributed by atoms with Crippen LogP contribution in [-0.4, -0.2) is 31.3 Å². The second-order valence-corrected chi connectivity index (χ2v) is 6.37. The van der Waals surface area contributed by atoms with Crippen molar-refractivity contribution in [1.29, 1.82) is 0 Å². The fourth-order valence-corrected chi connectivity index (χ4v) is 3.39. The molecule has 2 N–H and O–H groups in total. The lowest BCUT2D eigenvalue weighted by atomic mass is 10.2. The maximum Gasteiger partial charge on any atom is 0.277 e. The zero-order valence-corrected chi connectivity index (χ0v) is 14.0. The molecule has 2 aromatic heterocycles. The van der Waals surface area contributed by atoms with Crippen LogP contribution >= 0.6 is 23.4 Å². The van der Waals surface area contributed by atoms with Crippen molar-refractivity contribution in [3.8, 4) is 0 Å². The Balaban J connectivity index is 1.90. The number of rotatable bonds is 5. The first-order chi connectivity index (χ1) is 11.1. The Morgan fingerprint density at radius 1 is 1.35 bits per heavy atom. The van der Waals surface area contributed by atoms with Crippen molar-refractivity contribution in [2.75, 3.05) is 6.61 Å². The van der Waals surface area contributed by atoms with Gasteiger partial charge in [-0.25, -0.2) is 4.98 Å². The summed E-state index contributed by atoms with van der Waals surface area (Å²) in [6, 6.07) is 7.60. The van der Waals surface area contributed by atoms with Crippen molar-refractivity contribution in [3.05, 3.63) is 56.5 Å². The Bertz CT molecular complexity index is 906. The van der Waals surface area contributed by atoms with E-state index >= 15 is 0 Å². The van der Waals surface area contributed by atoms with Gasteiger partial charge >= 0.3 is 0 Å². The first-order valence-electron chi connectivity index (χ1n) is 7.05. The molecule has 3 rings (SSSR count). The van der Waals surface area contributed by atoms with E-state index < -0.39 is 0 Å². The van der Waals surface area contributed by atoms with Crippen LogP contribution in [0.25, 0.3) is 5.78 Å². The summed E-state index contributed by atoms with van der Waals surface area (Å²) in [4.78, 5) is 21.0.